The molecular weight excluding hydrogens is 375 g/mol. The van der Waals surface area contributed by atoms with E-state index in [-0.39, 0.29) is 25.4 Å². The molecule has 0 aliphatic carbocycles. The molecule has 1 saturated heterocycles. The summed E-state index contributed by atoms with van der Waals surface area (Å²) in [7, 11) is -2.14. The van der Waals surface area contributed by atoms with E-state index in [9.17, 15) is 26.4 Å². The lowest BCUT2D eigenvalue weighted by molar-refractivity contribution is -0.153. The molecule has 1 atom stereocenters. The minimum Gasteiger partial charge on any atom is -0.484 e. The van der Waals surface area contributed by atoms with Crippen LogP contribution in [0.2, 0.25) is 0 Å². The second-order valence-corrected chi connectivity index (χ2v) is 7.94. The zero-order chi connectivity index (χ0) is 19.4. The molecule has 0 spiro atoms. The maximum Gasteiger partial charge on any atom is 0.422 e. The Morgan fingerprint density at radius 1 is 1.35 bits per heavy atom. The molecular formula is C15H20F3N3O4S. The number of ether oxygens (including phenoxy) is 1. The van der Waals surface area contributed by atoms with Crippen molar-refractivity contribution in [1.82, 2.24) is 14.9 Å². The summed E-state index contributed by atoms with van der Waals surface area (Å²) in [5.74, 6) is 0.0298. The highest BCUT2D eigenvalue weighted by Crippen LogP contribution is 2.22. The lowest BCUT2D eigenvalue weighted by atomic mass is 10.2. The van der Waals surface area contributed by atoms with Gasteiger partial charge in [0.15, 0.2) is 6.61 Å². The van der Waals surface area contributed by atoms with E-state index in [1.165, 1.54) is 24.1 Å². The molecule has 0 radical (unpaired) electrons. The van der Waals surface area contributed by atoms with Gasteiger partial charge in [-0.2, -0.15) is 13.2 Å². The van der Waals surface area contributed by atoms with Gasteiger partial charge in [0, 0.05) is 25.2 Å². The van der Waals surface area contributed by atoms with Gasteiger partial charge < -0.3 is 15.0 Å². The summed E-state index contributed by atoms with van der Waals surface area (Å²) >= 11 is 0. The minimum absolute atomic E-state index is 0.0298. The van der Waals surface area contributed by atoms with Gasteiger partial charge in [-0.3, -0.25) is 0 Å². The standard InChI is InChI=1S/C15H20F3N3O4S/c1-19-26(23,24)12-6-7-21(9-12)14(22)20-8-11-4-2-3-5-13(11)25-10-15(16,17)18/h2-5,12,19H,6-10H2,1H3,(H,20,22). The Hall–Kier alpha value is -2.01. The van der Waals surface area contributed by atoms with E-state index in [2.05, 4.69) is 10.0 Å². The Bertz CT molecular complexity index is 740. The highest BCUT2D eigenvalue weighted by Gasteiger charge is 2.34. The lowest BCUT2D eigenvalue weighted by Gasteiger charge is -2.18. The van der Waals surface area contributed by atoms with Crippen LogP contribution in [-0.4, -0.2) is 57.5 Å². The molecule has 146 valence electrons. The largest absolute Gasteiger partial charge is 0.484 e. The fraction of sp³-hybridized carbons (Fsp3) is 0.533. The van der Waals surface area contributed by atoms with E-state index >= 15 is 0 Å². The minimum atomic E-state index is -4.46. The van der Waals surface area contributed by atoms with Crippen molar-refractivity contribution in [2.24, 2.45) is 0 Å². The van der Waals surface area contributed by atoms with E-state index < -0.39 is 34.1 Å². The first-order chi connectivity index (χ1) is 12.1. The van der Waals surface area contributed by atoms with E-state index in [0.717, 1.165) is 0 Å². The second-order valence-electron chi connectivity index (χ2n) is 5.78. The van der Waals surface area contributed by atoms with Gasteiger partial charge in [0.2, 0.25) is 10.0 Å². The number of hydrogen-bond acceptors (Lipinski definition) is 4. The number of halogens is 3. The molecule has 11 heteroatoms. The second kappa shape index (κ2) is 8.12. The highest BCUT2D eigenvalue weighted by atomic mass is 32.2. The average Bonchev–Trinajstić information content (AvgIpc) is 3.09. The molecule has 1 heterocycles. The highest BCUT2D eigenvalue weighted by molar-refractivity contribution is 7.90. The summed E-state index contributed by atoms with van der Waals surface area (Å²) in [6, 6.07) is 5.60. The number of sulfonamides is 1. The number of nitrogens with zero attached hydrogens (tertiary/aromatic N) is 1. The van der Waals surface area contributed by atoms with Crippen molar-refractivity contribution in [3.8, 4) is 5.75 Å². The summed E-state index contributed by atoms with van der Waals surface area (Å²) in [5.41, 5.74) is 0.392. The first-order valence-electron chi connectivity index (χ1n) is 7.85. The molecule has 0 saturated carbocycles. The Balaban J connectivity index is 1.92. The number of benzene rings is 1. The van der Waals surface area contributed by atoms with Gasteiger partial charge >= 0.3 is 12.2 Å². The molecule has 1 aromatic carbocycles. The van der Waals surface area contributed by atoms with Crippen molar-refractivity contribution in [2.45, 2.75) is 24.4 Å². The van der Waals surface area contributed by atoms with Crippen LogP contribution in [0.1, 0.15) is 12.0 Å². The molecule has 1 aliphatic rings. The van der Waals surface area contributed by atoms with Gasteiger partial charge in [-0.1, -0.05) is 18.2 Å². The molecule has 1 unspecified atom stereocenters. The van der Waals surface area contributed by atoms with Gasteiger partial charge in [0.25, 0.3) is 0 Å². The Morgan fingerprint density at radius 2 is 2.04 bits per heavy atom. The molecule has 2 rings (SSSR count). The van der Waals surface area contributed by atoms with Crippen LogP contribution in [0.25, 0.3) is 0 Å². The van der Waals surface area contributed by atoms with Crippen LogP contribution < -0.4 is 14.8 Å². The Morgan fingerprint density at radius 3 is 2.69 bits per heavy atom. The number of carbonyl (C=O) groups is 1. The maximum absolute atomic E-state index is 12.3. The molecule has 0 bridgehead atoms. The van der Waals surface area contributed by atoms with Gasteiger partial charge in [-0.15, -0.1) is 0 Å². The first kappa shape index (κ1) is 20.3. The topological polar surface area (TPSA) is 87.7 Å². The SMILES string of the molecule is CNS(=O)(=O)C1CCN(C(=O)NCc2ccccc2OCC(F)(F)F)C1. The monoisotopic (exact) mass is 395 g/mol. The molecule has 2 N–H and O–H groups in total. The van der Waals surface area contributed by atoms with Crippen LogP contribution in [0.3, 0.4) is 0 Å². The smallest absolute Gasteiger partial charge is 0.422 e. The predicted molar refractivity (Wildman–Crippen MR) is 88.2 cm³/mol. The molecule has 0 aromatic heterocycles. The number of amides is 2. The fourth-order valence-electron chi connectivity index (χ4n) is 2.57. The third kappa shape index (κ3) is 5.49. The van der Waals surface area contributed by atoms with Crippen molar-refractivity contribution in [1.29, 1.82) is 0 Å². The summed E-state index contributed by atoms with van der Waals surface area (Å²) in [4.78, 5) is 13.5. The normalized spacial score (nSPS) is 18.0. The summed E-state index contributed by atoms with van der Waals surface area (Å²) in [6.07, 6.45) is -4.14. The molecule has 26 heavy (non-hydrogen) atoms. The van der Waals surface area contributed by atoms with Crippen LogP contribution in [-0.2, 0) is 16.6 Å². The van der Waals surface area contributed by atoms with Crippen molar-refractivity contribution >= 4 is 16.1 Å². The maximum atomic E-state index is 12.3. The molecule has 1 aliphatic heterocycles. The van der Waals surface area contributed by atoms with Crippen molar-refractivity contribution in [3.05, 3.63) is 29.8 Å². The Labute approximate surface area is 149 Å². The van der Waals surface area contributed by atoms with Gasteiger partial charge in [-0.05, 0) is 19.5 Å². The lowest BCUT2D eigenvalue weighted by Crippen LogP contribution is -2.40. The fourth-order valence-corrected chi connectivity index (χ4v) is 3.69. The number of urea groups is 1. The third-order valence-corrected chi connectivity index (χ3v) is 5.78. The van der Waals surface area contributed by atoms with E-state index in [1.54, 1.807) is 12.1 Å². The quantitative estimate of drug-likeness (QED) is 0.764. The molecule has 2 amide bonds. The summed E-state index contributed by atoms with van der Waals surface area (Å²) < 4.78 is 67.4. The summed E-state index contributed by atoms with van der Waals surface area (Å²) in [6.45, 7) is -1.12. The zero-order valence-electron chi connectivity index (χ0n) is 14.0. The predicted octanol–water partition coefficient (Wildman–Crippen LogP) is 1.46. The van der Waals surface area contributed by atoms with Gasteiger partial charge in [-0.25, -0.2) is 17.9 Å². The van der Waals surface area contributed by atoms with E-state index in [0.29, 0.717) is 12.0 Å². The number of hydrogen-bond donors (Lipinski definition) is 2. The molecule has 1 aromatic rings. The third-order valence-electron chi connectivity index (χ3n) is 3.95. The van der Waals surface area contributed by atoms with Crippen molar-refractivity contribution in [2.75, 3.05) is 26.7 Å². The number of alkyl halides is 3. The van der Waals surface area contributed by atoms with Crippen molar-refractivity contribution in [3.63, 3.8) is 0 Å². The zero-order valence-corrected chi connectivity index (χ0v) is 14.9. The van der Waals surface area contributed by atoms with Gasteiger partial charge in [0.05, 0.1) is 5.25 Å². The van der Waals surface area contributed by atoms with Crippen LogP contribution in [0.5, 0.6) is 5.75 Å². The van der Waals surface area contributed by atoms with Crippen LogP contribution in [0.15, 0.2) is 24.3 Å². The number of likely N-dealkylation sites (tertiary alicyclic amines) is 1. The summed E-state index contributed by atoms with van der Waals surface area (Å²) in [5, 5.41) is 1.90. The molecule has 7 nitrogen and oxygen atoms in total. The van der Waals surface area contributed by atoms with Crippen LogP contribution in [0.4, 0.5) is 18.0 Å². The Kier molecular flexibility index (Phi) is 6.34. The van der Waals surface area contributed by atoms with Gasteiger partial charge in [0.1, 0.15) is 5.75 Å². The van der Waals surface area contributed by atoms with E-state index in [4.69, 9.17) is 4.74 Å². The van der Waals surface area contributed by atoms with Crippen LogP contribution >= 0.6 is 0 Å². The van der Waals surface area contributed by atoms with Crippen LogP contribution in [0, 0.1) is 0 Å². The molecule has 1 fully saturated rings. The van der Waals surface area contributed by atoms with Crippen molar-refractivity contribution < 1.29 is 31.1 Å². The average molecular weight is 395 g/mol. The number of para-hydroxylation sites is 1. The first-order valence-corrected chi connectivity index (χ1v) is 9.39. The number of rotatable bonds is 6. The van der Waals surface area contributed by atoms with E-state index in [1.807, 2.05) is 0 Å². The number of nitrogens with one attached hydrogen (secondary N) is 2. The number of carbonyl (C=O) groups excluding carboxylic acids is 1.